The van der Waals surface area contributed by atoms with Crippen molar-refractivity contribution in [3.05, 3.63) is 0 Å². The Kier molecular flexibility index (Phi) is 6.52. The Hall–Kier alpha value is -0.610. The van der Waals surface area contributed by atoms with Gasteiger partial charge in [0.2, 0.25) is 5.91 Å². The average Bonchev–Trinajstić information content (AvgIpc) is 2.28. The zero-order chi connectivity index (χ0) is 12.7. The van der Waals surface area contributed by atoms with E-state index in [2.05, 4.69) is 24.3 Å². The van der Waals surface area contributed by atoms with Crippen molar-refractivity contribution in [2.45, 2.75) is 46.0 Å². The van der Waals surface area contributed by atoms with Crippen LogP contribution < -0.4 is 11.2 Å². The molecule has 1 aliphatic rings. The number of nitrogens with two attached hydrogens (primary N) is 1. The second-order valence-electron chi connectivity index (χ2n) is 5.52. The summed E-state index contributed by atoms with van der Waals surface area (Å²) >= 11 is 0. The topological polar surface area (TPSA) is 58.4 Å². The third-order valence-electron chi connectivity index (χ3n) is 3.25. The minimum atomic E-state index is 0.128. The van der Waals surface area contributed by atoms with Gasteiger partial charge in [-0.2, -0.15) is 0 Å². The predicted octanol–water partition coefficient (Wildman–Crippen LogP) is 1.51. The zero-order valence-corrected chi connectivity index (χ0v) is 11.2. The molecule has 1 amide bonds. The van der Waals surface area contributed by atoms with Crippen LogP contribution in [0, 0.1) is 11.8 Å². The number of hydrazine groups is 1. The number of nitrogens with one attached hydrogen (secondary N) is 1. The van der Waals surface area contributed by atoms with E-state index in [1.807, 2.05) is 0 Å². The first kappa shape index (κ1) is 14.5. The minimum Gasteiger partial charge on any atom is -0.330 e. The molecule has 1 saturated heterocycles. The van der Waals surface area contributed by atoms with Crippen LogP contribution in [-0.4, -0.2) is 30.6 Å². The van der Waals surface area contributed by atoms with Crippen molar-refractivity contribution >= 4 is 5.91 Å². The van der Waals surface area contributed by atoms with Crippen LogP contribution in [0.2, 0.25) is 0 Å². The molecule has 1 rings (SSSR count). The molecule has 1 fully saturated rings. The van der Waals surface area contributed by atoms with Gasteiger partial charge in [-0.05, 0) is 37.6 Å². The summed E-state index contributed by atoms with van der Waals surface area (Å²) in [5.41, 5.74) is 8.70. The number of carbonyl (C=O) groups is 1. The van der Waals surface area contributed by atoms with Gasteiger partial charge in [0.1, 0.15) is 0 Å². The molecule has 4 nitrogen and oxygen atoms in total. The van der Waals surface area contributed by atoms with Gasteiger partial charge in [-0.3, -0.25) is 10.2 Å². The maximum Gasteiger partial charge on any atom is 0.234 e. The molecule has 0 radical (unpaired) electrons. The van der Waals surface area contributed by atoms with E-state index in [1.54, 1.807) is 0 Å². The van der Waals surface area contributed by atoms with E-state index in [1.165, 1.54) is 19.3 Å². The Morgan fingerprint density at radius 3 is 2.47 bits per heavy atom. The second-order valence-corrected chi connectivity index (χ2v) is 5.52. The van der Waals surface area contributed by atoms with Gasteiger partial charge in [-0.25, -0.2) is 5.01 Å². The minimum absolute atomic E-state index is 0.128. The highest BCUT2D eigenvalue weighted by Gasteiger charge is 2.17. The molecule has 1 unspecified atom stereocenters. The SMILES string of the molecule is CC(C)CC(CN)CC(=O)NN1CCCCC1. The van der Waals surface area contributed by atoms with E-state index in [0.29, 0.717) is 24.8 Å². The van der Waals surface area contributed by atoms with Crippen LogP contribution >= 0.6 is 0 Å². The standard InChI is InChI=1S/C13H27N3O/c1-11(2)8-12(10-14)9-13(17)15-16-6-4-3-5-7-16/h11-12H,3-10,14H2,1-2H3,(H,15,17). The van der Waals surface area contributed by atoms with Gasteiger partial charge in [-0.15, -0.1) is 0 Å². The number of hydrogen-bond donors (Lipinski definition) is 2. The number of amides is 1. The lowest BCUT2D eigenvalue weighted by molar-refractivity contribution is -0.127. The third kappa shape index (κ3) is 6.03. The van der Waals surface area contributed by atoms with Gasteiger partial charge in [-0.1, -0.05) is 20.3 Å². The van der Waals surface area contributed by atoms with E-state index in [-0.39, 0.29) is 5.91 Å². The molecule has 0 aromatic rings. The lowest BCUT2D eigenvalue weighted by Gasteiger charge is -2.27. The van der Waals surface area contributed by atoms with E-state index < -0.39 is 0 Å². The van der Waals surface area contributed by atoms with Crippen molar-refractivity contribution in [1.82, 2.24) is 10.4 Å². The zero-order valence-electron chi connectivity index (χ0n) is 11.2. The highest BCUT2D eigenvalue weighted by Crippen LogP contribution is 2.14. The van der Waals surface area contributed by atoms with E-state index >= 15 is 0 Å². The van der Waals surface area contributed by atoms with E-state index in [0.717, 1.165) is 19.5 Å². The Morgan fingerprint density at radius 1 is 1.29 bits per heavy atom. The van der Waals surface area contributed by atoms with Crippen LogP contribution in [0.3, 0.4) is 0 Å². The molecule has 0 aromatic heterocycles. The van der Waals surface area contributed by atoms with Gasteiger partial charge in [0.25, 0.3) is 0 Å². The number of hydrogen-bond acceptors (Lipinski definition) is 3. The van der Waals surface area contributed by atoms with Crippen molar-refractivity contribution in [3.63, 3.8) is 0 Å². The summed E-state index contributed by atoms with van der Waals surface area (Å²) in [4.78, 5) is 11.9. The highest BCUT2D eigenvalue weighted by atomic mass is 16.2. The van der Waals surface area contributed by atoms with Crippen molar-refractivity contribution < 1.29 is 4.79 Å². The first-order valence-corrected chi connectivity index (χ1v) is 6.86. The first-order valence-electron chi connectivity index (χ1n) is 6.86. The van der Waals surface area contributed by atoms with Gasteiger partial charge in [0.05, 0.1) is 0 Å². The smallest absolute Gasteiger partial charge is 0.234 e. The summed E-state index contributed by atoms with van der Waals surface area (Å²) in [6.45, 7) is 6.93. The molecule has 0 saturated carbocycles. The number of carbonyl (C=O) groups excluding carboxylic acids is 1. The van der Waals surface area contributed by atoms with Crippen LogP contribution in [0.4, 0.5) is 0 Å². The summed E-state index contributed by atoms with van der Waals surface area (Å²) in [5, 5.41) is 2.05. The highest BCUT2D eigenvalue weighted by molar-refractivity contribution is 5.75. The molecule has 17 heavy (non-hydrogen) atoms. The molecule has 4 heteroatoms. The number of nitrogens with zero attached hydrogens (tertiary/aromatic N) is 1. The van der Waals surface area contributed by atoms with Crippen LogP contribution in [0.25, 0.3) is 0 Å². The third-order valence-corrected chi connectivity index (χ3v) is 3.25. The summed E-state index contributed by atoms with van der Waals surface area (Å²) in [7, 11) is 0. The average molecular weight is 241 g/mol. The molecule has 1 heterocycles. The molecular formula is C13H27N3O. The van der Waals surface area contributed by atoms with Crippen molar-refractivity contribution in [3.8, 4) is 0 Å². The Bertz CT molecular complexity index is 225. The summed E-state index contributed by atoms with van der Waals surface area (Å²) in [6.07, 6.45) is 5.25. The fourth-order valence-electron chi connectivity index (χ4n) is 2.42. The van der Waals surface area contributed by atoms with Gasteiger partial charge < -0.3 is 5.73 Å². The Balaban J connectivity index is 2.26. The normalized spacial score (nSPS) is 19.3. The quantitative estimate of drug-likeness (QED) is 0.741. The van der Waals surface area contributed by atoms with Crippen molar-refractivity contribution in [1.29, 1.82) is 0 Å². The maximum absolute atomic E-state index is 11.9. The van der Waals surface area contributed by atoms with Crippen LogP contribution in [-0.2, 0) is 4.79 Å². The van der Waals surface area contributed by atoms with Gasteiger partial charge >= 0.3 is 0 Å². The molecular weight excluding hydrogens is 214 g/mol. The van der Waals surface area contributed by atoms with E-state index in [9.17, 15) is 4.79 Å². The first-order chi connectivity index (χ1) is 8.11. The number of piperidine rings is 1. The van der Waals surface area contributed by atoms with E-state index in [4.69, 9.17) is 5.73 Å². The van der Waals surface area contributed by atoms with Gasteiger partial charge in [0.15, 0.2) is 0 Å². The number of rotatable bonds is 6. The molecule has 3 N–H and O–H groups in total. The van der Waals surface area contributed by atoms with Crippen LogP contribution in [0.15, 0.2) is 0 Å². The Labute approximate surface area is 105 Å². The molecule has 0 aromatic carbocycles. The second kappa shape index (κ2) is 7.67. The van der Waals surface area contributed by atoms with Crippen LogP contribution in [0.1, 0.15) is 46.0 Å². The molecule has 0 spiro atoms. The lowest BCUT2D eigenvalue weighted by atomic mass is 9.94. The summed E-state index contributed by atoms with van der Waals surface area (Å²) in [5.74, 6) is 1.05. The van der Waals surface area contributed by atoms with Crippen molar-refractivity contribution in [2.75, 3.05) is 19.6 Å². The van der Waals surface area contributed by atoms with Crippen molar-refractivity contribution in [2.24, 2.45) is 17.6 Å². The van der Waals surface area contributed by atoms with Gasteiger partial charge in [0, 0.05) is 19.5 Å². The van der Waals surface area contributed by atoms with Crippen LogP contribution in [0.5, 0.6) is 0 Å². The summed E-state index contributed by atoms with van der Waals surface area (Å²) < 4.78 is 0. The fourth-order valence-corrected chi connectivity index (χ4v) is 2.42. The summed E-state index contributed by atoms with van der Waals surface area (Å²) in [6, 6.07) is 0. The molecule has 0 bridgehead atoms. The molecule has 1 atom stereocenters. The molecule has 1 aliphatic heterocycles. The Morgan fingerprint density at radius 2 is 1.94 bits per heavy atom. The predicted molar refractivity (Wildman–Crippen MR) is 70.2 cm³/mol. The fraction of sp³-hybridized carbons (Fsp3) is 0.923. The monoisotopic (exact) mass is 241 g/mol. The lowest BCUT2D eigenvalue weighted by Crippen LogP contribution is -2.45. The molecule has 0 aliphatic carbocycles. The molecule has 100 valence electrons. The largest absolute Gasteiger partial charge is 0.330 e. The maximum atomic E-state index is 11.9.